The van der Waals surface area contributed by atoms with E-state index in [2.05, 4.69) is 10.6 Å². The fourth-order valence-electron chi connectivity index (χ4n) is 2.10. The van der Waals surface area contributed by atoms with Crippen LogP contribution in [0.25, 0.3) is 0 Å². The number of benzene rings is 2. The number of carbonyl (C=O) groups is 2. The first-order valence-electron chi connectivity index (χ1n) is 7.49. The number of hydrogen-bond acceptors (Lipinski definition) is 2. The molecule has 0 unspecified atom stereocenters. The molecule has 0 radical (unpaired) electrons. The van der Waals surface area contributed by atoms with Gasteiger partial charge in [0.15, 0.2) is 0 Å². The molecule has 2 N–H and O–H groups in total. The minimum absolute atomic E-state index is 0.0612. The number of halogens is 1. The summed E-state index contributed by atoms with van der Waals surface area (Å²) in [4.78, 5) is 23.5. The Bertz CT molecular complexity index is 659. The van der Waals surface area contributed by atoms with E-state index >= 15 is 0 Å². The molecule has 0 aliphatic carbocycles. The molecule has 0 aliphatic rings. The number of aryl methyl sites for hydroxylation is 1. The molecule has 2 rings (SSSR count). The van der Waals surface area contributed by atoms with Crippen molar-refractivity contribution in [2.24, 2.45) is 0 Å². The zero-order chi connectivity index (χ0) is 16.5. The Hall–Kier alpha value is -2.69. The van der Waals surface area contributed by atoms with Gasteiger partial charge in [-0.15, -0.1) is 0 Å². The molecule has 0 spiro atoms. The summed E-state index contributed by atoms with van der Waals surface area (Å²) in [6, 6.07) is 15.2. The van der Waals surface area contributed by atoms with E-state index in [0.29, 0.717) is 25.9 Å². The number of amides is 2. The molecular weight excluding hydrogens is 295 g/mol. The van der Waals surface area contributed by atoms with Gasteiger partial charge in [-0.1, -0.05) is 36.4 Å². The third-order valence-corrected chi connectivity index (χ3v) is 3.30. The van der Waals surface area contributed by atoms with Gasteiger partial charge in [0, 0.05) is 25.1 Å². The average molecular weight is 314 g/mol. The summed E-state index contributed by atoms with van der Waals surface area (Å²) in [6.45, 7) is 0.640. The van der Waals surface area contributed by atoms with Gasteiger partial charge in [0.1, 0.15) is 5.82 Å². The van der Waals surface area contributed by atoms with E-state index < -0.39 is 5.82 Å². The Kier molecular flexibility index (Phi) is 6.29. The van der Waals surface area contributed by atoms with Crippen LogP contribution in [0.2, 0.25) is 0 Å². The van der Waals surface area contributed by atoms with Gasteiger partial charge >= 0.3 is 0 Å². The molecule has 23 heavy (non-hydrogen) atoms. The molecule has 0 fully saturated rings. The van der Waals surface area contributed by atoms with Gasteiger partial charge in [0.25, 0.3) is 5.91 Å². The van der Waals surface area contributed by atoms with Gasteiger partial charge in [-0.3, -0.25) is 9.59 Å². The maximum atomic E-state index is 13.0. The van der Waals surface area contributed by atoms with Crippen LogP contribution < -0.4 is 10.6 Å². The Balaban J connectivity index is 1.63. The molecule has 4 nitrogen and oxygen atoms in total. The zero-order valence-electron chi connectivity index (χ0n) is 12.7. The quantitative estimate of drug-likeness (QED) is 0.771. The van der Waals surface area contributed by atoms with Crippen molar-refractivity contribution < 1.29 is 14.0 Å². The van der Waals surface area contributed by atoms with Crippen LogP contribution in [0.15, 0.2) is 54.6 Å². The van der Waals surface area contributed by atoms with Crippen LogP contribution >= 0.6 is 0 Å². The van der Waals surface area contributed by atoms with E-state index in [1.165, 1.54) is 24.3 Å². The molecule has 0 saturated heterocycles. The van der Waals surface area contributed by atoms with E-state index in [1.54, 1.807) is 0 Å². The van der Waals surface area contributed by atoms with Crippen LogP contribution in [0.1, 0.15) is 22.3 Å². The third-order valence-electron chi connectivity index (χ3n) is 3.30. The first-order valence-corrected chi connectivity index (χ1v) is 7.49. The summed E-state index contributed by atoms with van der Waals surface area (Å²) in [7, 11) is 0. The average Bonchev–Trinajstić information content (AvgIpc) is 2.57. The number of rotatable bonds is 7. The second-order valence-electron chi connectivity index (χ2n) is 5.10. The molecule has 120 valence electrons. The normalized spacial score (nSPS) is 10.1. The molecule has 0 saturated carbocycles. The second-order valence-corrected chi connectivity index (χ2v) is 5.10. The van der Waals surface area contributed by atoms with Crippen LogP contribution in [0.4, 0.5) is 4.39 Å². The summed E-state index contributed by atoms with van der Waals surface area (Å²) < 4.78 is 13.0. The molecule has 2 amide bonds. The van der Waals surface area contributed by atoms with Crippen LogP contribution in [0, 0.1) is 5.82 Å². The van der Waals surface area contributed by atoms with Gasteiger partial charge in [-0.25, -0.2) is 4.39 Å². The lowest BCUT2D eigenvalue weighted by Crippen LogP contribution is -2.34. The van der Waals surface area contributed by atoms with Crippen molar-refractivity contribution in [1.82, 2.24) is 10.6 Å². The van der Waals surface area contributed by atoms with Crippen molar-refractivity contribution in [3.63, 3.8) is 0 Å². The highest BCUT2D eigenvalue weighted by Gasteiger charge is 2.06. The smallest absolute Gasteiger partial charge is 0.251 e. The maximum Gasteiger partial charge on any atom is 0.251 e. The molecule has 0 bridgehead atoms. The van der Waals surface area contributed by atoms with Gasteiger partial charge in [-0.05, 0) is 30.2 Å². The Morgan fingerprint density at radius 1 is 0.913 bits per heavy atom. The van der Waals surface area contributed by atoms with E-state index in [-0.39, 0.29) is 17.4 Å². The summed E-state index contributed by atoms with van der Waals surface area (Å²) in [5.74, 6) is -0.872. The third kappa shape index (κ3) is 5.90. The maximum absolute atomic E-state index is 13.0. The van der Waals surface area contributed by atoms with Crippen molar-refractivity contribution in [1.29, 1.82) is 0 Å². The first-order chi connectivity index (χ1) is 11.1. The summed E-state index contributed by atoms with van der Waals surface area (Å²) in [5, 5.41) is 5.38. The lowest BCUT2D eigenvalue weighted by Gasteiger charge is -2.07. The van der Waals surface area contributed by atoms with Gasteiger partial charge < -0.3 is 10.6 Å². The standard InChI is InChI=1S/C18H19FN2O2/c19-16-8-4-7-15(13-16)18(23)21-12-11-20-17(22)10-9-14-5-2-1-3-6-14/h1-8,13H,9-12H2,(H,20,22)(H,21,23). The van der Waals surface area contributed by atoms with E-state index in [0.717, 1.165) is 5.56 Å². The fourth-order valence-corrected chi connectivity index (χ4v) is 2.10. The molecular formula is C18H19FN2O2. The van der Waals surface area contributed by atoms with E-state index in [1.807, 2.05) is 30.3 Å². The van der Waals surface area contributed by atoms with Crippen molar-refractivity contribution in [3.8, 4) is 0 Å². The lowest BCUT2D eigenvalue weighted by atomic mass is 10.1. The fraction of sp³-hybridized carbons (Fsp3) is 0.222. The number of hydrogen-bond donors (Lipinski definition) is 2. The van der Waals surface area contributed by atoms with Crippen LogP contribution in [0.3, 0.4) is 0 Å². The minimum atomic E-state index is -0.452. The molecule has 0 heterocycles. The van der Waals surface area contributed by atoms with Crippen molar-refractivity contribution >= 4 is 11.8 Å². The second kappa shape index (κ2) is 8.68. The molecule has 2 aromatic carbocycles. The molecule has 2 aromatic rings. The van der Waals surface area contributed by atoms with Crippen LogP contribution in [-0.2, 0) is 11.2 Å². The molecule has 0 aromatic heterocycles. The van der Waals surface area contributed by atoms with E-state index in [4.69, 9.17) is 0 Å². The number of carbonyl (C=O) groups excluding carboxylic acids is 2. The summed E-state index contributed by atoms with van der Waals surface area (Å²) >= 11 is 0. The van der Waals surface area contributed by atoms with Crippen molar-refractivity contribution in [3.05, 3.63) is 71.5 Å². The molecule has 0 atom stereocenters. The summed E-state index contributed by atoms with van der Waals surface area (Å²) in [6.07, 6.45) is 1.09. The van der Waals surface area contributed by atoms with Gasteiger partial charge in [-0.2, -0.15) is 0 Å². The SMILES string of the molecule is O=C(CCc1ccccc1)NCCNC(=O)c1cccc(F)c1. The van der Waals surface area contributed by atoms with E-state index in [9.17, 15) is 14.0 Å². The Labute approximate surface area is 134 Å². The highest BCUT2D eigenvalue weighted by molar-refractivity contribution is 5.94. The van der Waals surface area contributed by atoms with Crippen LogP contribution in [0.5, 0.6) is 0 Å². The predicted octanol–water partition coefficient (Wildman–Crippen LogP) is 2.30. The highest BCUT2D eigenvalue weighted by atomic mass is 19.1. The monoisotopic (exact) mass is 314 g/mol. The largest absolute Gasteiger partial charge is 0.354 e. The van der Waals surface area contributed by atoms with Crippen molar-refractivity contribution in [2.45, 2.75) is 12.8 Å². The molecule has 0 aliphatic heterocycles. The van der Waals surface area contributed by atoms with Crippen molar-refractivity contribution in [2.75, 3.05) is 13.1 Å². The van der Waals surface area contributed by atoms with Gasteiger partial charge in [0.2, 0.25) is 5.91 Å². The molecule has 5 heteroatoms. The van der Waals surface area contributed by atoms with Gasteiger partial charge in [0.05, 0.1) is 0 Å². The highest BCUT2D eigenvalue weighted by Crippen LogP contribution is 2.03. The predicted molar refractivity (Wildman–Crippen MR) is 86.5 cm³/mol. The minimum Gasteiger partial charge on any atom is -0.354 e. The first kappa shape index (κ1) is 16.7. The Morgan fingerprint density at radius 2 is 1.65 bits per heavy atom. The summed E-state index contributed by atoms with van der Waals surface area (Å²) in [5.41, 5.74) is 1.38. The Morgan fingerprint density at radius 3 is 2.39 bits per heavy atom. The number of nitrogens with one attached hydrogen (secondary N) is 2. The zero-order valence-corrected chi connectivity index (χ0v) is 12.7. The lowest BCUT2D eigenvalue weighted by molar-refractivity contribution is -0.121. The van der Waals surface area contributed by atoms with Crippen LogP contribution in [-0.4, -0.2) is 24.9 Å². The topological polar surface area (TPSA) is 58.2 Å².